The zero-order valence-electron chi connectivity index (χ0n) is 4.95. The Morgan fingerprint density at radius 1 is 1.56 bits per heavy atom. The van der Waals surface area contributed by atoms with Crippen molar-refractivity contribution in [2.24, 2.45) is 0 Å². The van der Waals surface area contributed by atoms with E-state index in [-0.39, 0.29) is 0 Å². The highest BCUT2D eigenvalue weighted by Crippen LogP contribution is 2.04. The Morgan fingerprint density at radius 2 is 2.44 bits per heavy atom. The first kappa shape index (κ1) is 6.55. The van der Waals surface area contributed by atoms with Gasteiger partial charge in [-0.25, -0.2) is 0 Å². The predicted molar refractivity (Wildman–Crippen MR) is 38.7 cm³/mol. The SMILES string of the molecule is [CH2]SCc1cnccn1. The Balaban J connectivity index is 2.61. The lowest BCUT2D eigenvalue weighted by Gasteiger charge is -1.91. The van der Waals surface area contributed by atoms with Crippen LogP contribution < -0.4 is 0 Å². The summed E-state index contributed by atoms with van der Waals surface area (Å²) in [5.41, 5.74) is 0.984. The van der Waals surface area contributed by atoms with Gasteiger partial charge in [0.05, 0.1) is 5.69 Å². The van der Waals surface area contributed by atoms with Crippen molar-refractivity contribution in [1.29, 1.82) is 0 Å². The van der Waals surface area contributed by atoms with Gasteiger partial charge < -0.3 is 0 Å². The van der Waals surface area contributed by atoms with Gasteiger partial charge in [0.2, 0.25) is 0 Å². The summed E-state index contributed by atoms with van der Waals surface area (Å²) in [4.78, 5) is 7.94. The summed E-state index contributed by atoms with van der Waals surface area (Å²) in [5.74, 6) is 0.841. The molecule has 0 aliphatic carbocycles. The molecule has 0 fully saturated rings. The van der Waals surface area contributed by atoms with Crippen LogP contribution in [-0.4, -0.2) is 9.97 Å². The predicted octanol–water partition coefficient (Wildman–Crippen LogP) is 1.50. The quantitative estimate of drug-likeness (QED) is 0.621. The molecule has 2 nitrogen and oxygen atoms in total. The van der Waals surface area contributed by atoms with Gasteiger partial charge in [-0.3, -0.25) is 9.97 Å². The standard InChI is InChI=1S/C6H7N2S/c1-9-5-6-4-7-2-3-8-6/h2-4H,1,5H2. The highest BCUT2D eigenvalue weighted by atomic mass is 32.2. The Labute approximate surface area is 58.7 Å². The Bertz CT molecular complexity index is 164. The normalized spacial score (nSPS) is 9.44. The van der Waals surface area contributed by atoms with Crippen molar-refractivity contribution in [3.63, 3.8) is 0 Å². The van der Waals surface area contributed by atoms with Crippen molar-refractivity contribution in [3.05, 3.63) is 30.5 Å². The summed E-state index contributed by atoms with van der Waals surface area (Å²) in [5, 5.41) is 0. The molecule has 0 spiro atoms. The molecule has 0 saturated heterocycles. The van der Waals surface area contributed by atoms with E-state index in [1.807, 2.05) is 0 Å². The van der Waals surface area contributed by atoms with E-state index in [4.69, 9.17) is 0 Å². The molecule has 1 aromatic heterocycles. The van der Waals surface area contributed by atoms with Crippen LogP contribution in [0.3, 0.4) is 0 Å². The second kappa shape index (κ2) is 3.45. The smallest absolute Gasteiger partial charge is 0.0685 e. The minimum Gasteiger partial charge on any atom is -0.261 e. The Hall–Kier alpha value is -0.570. The average molecular weight is 139 g/mol. The molecular formula is C6H7N2S. The lowest BCUT2D eigenvalue weighted by Crippen LogP contribution is -1.84. The average Bonchev–Trinajstić information content (AvgIpc) is 1.91. The molecule has 0 saturated carbocycles. The summed E-state index contributed by atoms with van der Waals surface area (Å²) in [6.07, 6.45) is 8.73. The summed E-state index contributed by atoms with van der Waals surface area (Å²) in [6.45, 7) is 0. The number of hydrogen-bond donors (Lipinski definition) is 0. The van der Waals surface area contributed by atoms with Crippen LogP contribution in [-0.2, 0) is 5.75 Å². The summed E-state index contributed by atoms with van der Waals surface area (Å²) in [6, 6.07) is 0. The van der Waals surface area contributed by atoms with Crippen molar-refractivity contribution in [2.45, 2.75) is 5.75 Å². The van der Waals surface area contributed by atoms with E-state index in [2.05, 4.69) is 16.2 Å². The van der Waals surface area contributed by atoms with E-state index in [1.54, 1.807) is 18.6 Å². The second-order valence-electron chi connectivity index (χ2n) is 1.55. The molecule has 0 atom stereocenters. The van der Waals surface area contributed by atoms with Gasteiger partial charge >= 0.3 is 0 Å². The monoisotopic (exact) mass is 139 g/mol. The summed E-state index contributed by atoms with van der Waals surface area (Å²) >= 11 is 1.50. The topological polar surface area (TPSA) is 25.8 Å². The van der Waals surface area contributed by atoms with Gasteiger partial charge in [0.25, 0.3) is 0 Å². The molecule has 0 N–H and O–H groups in total. The van der Waals surface area contributed by atoms with Crippen molar-refractivity contribution < 1.29 is 0 Å². The van der Waals surface area contributed by atoms with Gasteiger partial charge in [0.15, 0.2) is 0 Å². The zero-order chi connectivity index (χ0) is 6.53. The molecular weight excluding hydrogens is 132 g/mol. The number of nitrogens with zero attached hydrogens (tertiary/aromatic N) is 2. The van der Waals surface area contributed by atoms with Gasteiger partial charge in [0.1, 0.15) is 0 Å². The van der Waals surface area contributed by atoms with Crippen LogP contribution in [0.15, 0.2) is 18.6 Å². The molecule has 0 amide bonds. The fraction of sp³-hybridized carbons (Fsp3) is 0.167. The number of rotatable bonds is 2. The van der Waals surface area contributed by atoms with Crippen LogP contribution in [0.2, 0.25) is 0 Å². The van der Waals surface area contributed by atoms with Crippen LogP contribution in [0, 0.1) is 6.26 Å². The van der Waals surface area contributed by atoms with Crippen LogP contribution >= 0.6 is 11.8 Å². The van der Waals surface area contributed by atoms with E-state index in [9.17, 15) is 0 Å². The van der Waals surface area contributed by atoms with E-state index in [1.165, 1.54) is 11.8 Å². The third kappa shape index (κ3) is 2.01. The Kier molecular flexibility index (Phi) is 2.51. The molecule has 1 heterocycles. The highest BCUT2D eigenvalue weighted by molar-refractivity contribution is 7.99. The van der Waals surface area contributed by atoms with Crippen LogP contribution in [0.5, 0.6) is 0 Å². The second-order valence-corrected chi connectivity index (χ2v) is 2.24. The fourth-order valence-electron chi connectivity index (χ4n) is 0.509. The maximum atomic E-state index is 4.05. The third-order valence-electron chi connectivity index (χ3n) is 0.867. The Morgan fingerprint density at radius 3 is 3.00 bits per heavy atom. The summed E-state index contributed by atoms with van der Waals surface area (Å²) < 4.78 is 0. The van der Waals surface area contributed by atoms with Crippen LogP contribution in [0.4, 0.5) is 0 Å². The maximum absolute atomic E-state index is 4.05. The molecule has 0 bridgehead atoms. The van der Waals surface area contributed by atoms with Gasteiger partial charge in [-0.15, -0.1) is 0 Å². The summed E-state index contributed by atoms with van der Waals surface area (Å²) in [7, 11) is 0. The molecule has 0 aliphatic rings. The van der Waals surface area contributed by atoms with Crippen molar-refractivity contribution in [3.8, 4) is 0 Å². The first-order valence-electron chi connectivity index (χ1n) is 2.55. The first-order valence-corrected chi connectivity index (χ1v) is 3.71. The largest absolute Gasteiger partial charge is 0.261 e. The van der Waals surface area contributed by atoms with Crippen molar-refractivity contribution in [2.75, 3.05) is 0 Å². The van der Waals surface area contributed by atoms with E-state index in [0.29, 0.717) is 0 Å². The fourth-order valence-corrected chi connectivity index (χ4v) is 0.867. The van der Waals surface area contributed by atoms with E-state index < -0.39 is 0 Å². The molecule has 3 heteroatoms. The third-order valence-corrected chi connectivity index (χ3v) is 1.37. The van der Waals surface area contributed by atoms with Crippen molar-refractivity contribution >= 4 is 11.8 Å². The van der Waals surface area contributed by atoms with Crippen LogP contribution in [0.25, 0.3) is 0 Å². The molecule has 1 aromatic rings. The van der Waals surface area contributed by atoms with Gasteiger partial charge in [-0.1, -0.05) is 0 Å². The molecule has 0 aromatic carbocycles. The number of aromatic nitrogens is 2. The highest BCUT2D eigenvalue weighted by Gasteiger charge is 1.87. The lowest BCUT2D eigenvalue weighted by atomic mass is 10.5. The van der Waals surface area contributed by atoms with Gasteiger partial charge in [0, 0.05) is 30.6 Å². The van der Waals surface area contributed by atoms with E-state index >= 15 is 0 Å². The number of thioether (sulfide) groups is 1. The van der Waals surface area contributed by atoms with E-state index in [0.717, 1.165) is 11.4 Å². The van der Waals surface area contributed by atoms with Crippen LogP contribution in [0.1, 0.15) is 5.69 Å². The first-order chi connectivity index (χ1) is 4.43. The molecule has 47 valence electrons. The minimum absolute atomic E-state index is 0.841. The molecule has 1 rings (SSSR count). The lowest BCUT2D eigenvalue weighted by molar-refractivity contribution is 1.10. The minimum atomic E-state index is 0.841. The zero-order valence-corrected chi connectivity index (χ0v) is 5.77. The molecule has 0 unspecified atom stereocenters. The molecule has 0 aliphatic heterocycles. The number of hydrogen-bond acceptors (Lipinski definition) is 3. The molecule has 1 radical (unpaired) electrons. The van der Waals surface area contributed by atoms with Crippen molar-refractivity contribution in [1.82, 2.24) is 9.97 Å². The van der Waals surface area contributed by atoms with Gasteiger partial charge in [-0.2, -0.15) is 11.8 Å². The van der Waals surface area contributed by atoms with Gasteiger partial charge in [-0.05, 0) is 0 Å². The molecule has 9 heavy (non-hydrogen) atoms. The maximum Gasteiger partial charge on any atom is 0.0685 e.